The molecule has 0 aliphatic carbocycles. The molecule has 0 bridgehead atoms. The molecule has 7 nitrogen and oxygen atoms in total. The lowest BCUT2D eigenvalue weighted by atomic mass is 10.2. The normalized spacial score (nSPS) is 11.0. The minimum Gasteiger partial charge on any atom is -0.471 e. The fourth-order valence-corrected chi connectivity index (χ4v) is 2.07. The SMILES string of the molecule is Cc1cc(-c2nc(-c3cccnc3OCC(F)F)no2)cc(=O)[nH]1. The summed E-state index contributed by atoms with van der Waals surface area (Å²) in [6, 6.07) is 6.17. The molecule has 0 aliphatic heterocycles. The van der Waals surface area contributed by atoms with Crippen LogP contribution in [0, 0.1) is 6.92 Å². The van der Waals surface area contributed by atoms with Crippen LogP contribution in [-0.2, 0) is 0 Å². The molecule has 0 aromatic carbocycles. The van der Waals surface area contributed by atoms with Gasteiger partial charge in [0.05, 0.1) is 5.56 Å². The van der Waals surface area contributed by atoms with Crippen molar-refractivity contribution < 1.29 is 18.0 Å². The molecule has 9 heteroatoms. The molecule has 0 atom stereocenters. The van der Waals surface area contributed by atoms with Crippen LogP contribution in [0.25, 0.3) is 22.8 Å². The highest BCUT2D eigenvalue weighted by Crippen LogP contribution is 2.27. The molecule has 0 saturated heterocycles. The second kappa shape index (κ2) is 6.57. The fourth-order valence-electron chi connectivity index (χ4n) is 2.07. The van der Waals surface area contributed by atoms with Gasteiger partial charge in [-0.15, -0.1) is 0 Å². The van der Waals surface area contributed by atoms with E-state index >= 15 is 0 Å². The number of ether oxygens (including phenoxy) is 1. The topological polar surface area (TPSA) is 93.9 Å². The summed E-state index contributed by atoms with van der Waals surface area (Å²) in [7, 11) is 0. The molecule has 3 rings (SSSR count). The predicted molar refractivity (Wildman–Crippen MR) is 79.8 cm³/mol. The highest BCUT2D eigenvalue weighted by molar-refractivity contribution is 5.63. The van der Waals surface area contributed by atoms with Gasteiger partial charge in [0, 0.05) is 23.5 Å². The zero-order valence-electron chi connectivity index (χ0n) is 12.5. The van der Waals surface area contributed by atoms with Crippen LogP contribution in [0.3, 0.4) is 0 Å². The van der Waals surface area contributed by atoms with Gasteiger partial charge in [0.1, 0.15) is 0 Å². The number of hydrogen-bond acceptors (Lipinski definition) is 6. The maximum absolute atomic E-state index is 12.3. The third-order valence-electron chi connectivity index (χ3n) is 3.01. The van der Waals surface area contributed by atoms with Crippen LogP contribution in [0.2, 0.25) is 0 Å². The number of aromatic nitrogens is 4. The van der Waals surface area contributed by atoms with E-state index in [2.05, 4.69) is 20.1 Å². The van der Waals surface area contributed by atoms with Crippen molar-refractivity contribution in [2.75, 3.05) is 6.61 Å². The van der Waals surface area contributed by atoms with Crippen LogP contribution in [0.5, 0.6) is 5.88 Å². The molecule has 124 valence electrons. The summed E-state index contributed by atoms with van der Waals surface area (Å²) in [5.74, 6) is 0.232. The van der Waals surface area contributed by atoms with E-state index in [0.29, 0.717) is 16.8 Å². The number of halogens is 2. The Balaban J connectivity index is 1.95. The van der Waals surface area contributed by atoms with Crippen LogP contribution in [0.15, 0.2) is 39.8 Å². The summed E-state index contributed by atoms with van der Waals surface area (Å²) in [6.45, 7) is 0.932. The highest BCUT2D eigenvalue weighted by atomic mass is 19.3. The van der Waals surface area contributed by atoms with Crippen LogP contribution in [-0.4, -0.2) is 33.1 Å². The summed E-state index contributed by atoms with van der Waals surface area (Å²) < 4.78 is 34.8. The summed E-state index contributed by atoms with van der Waals surface area (Å²) >= 11 is 0. The predicted octanol–water partition coefficient (Wildman–Crippen LogP) is 2.44. The quantitative estimate of drug-likeness (QED) is 0.770. The molecule has 0 unspecified atom stereocenters. The van der Waals surface area contributed by atoms with Gasteiger partial charge in [-0.1, -0.05) is 5.16 Å². The molecule has 3 heterocycles. The second-order valence-corrected chi connectivity index (χ2v) is 4.90. The van der Waals surface area contributed by atoms with Crippen LogP contribution in [0.1, 0.15) is 5.69 Å². The first-order valence-electron chi connectivity index (χ1n) is 6.94. The number of nitrogens with zero attached hydrogens (tertiary/aromatic N) is 3. The third-order valence-corrected chi connectivity index (χ3v) is 3.01. The third kappa shape index (κ3) is 3.45. The zero-order valence-corrected chi connectivity index (χ0v) is 12.5. The van der Waals surface area contributed by atoms with E-state index in [4.69, 9.17) is 9.26 Å². The average molecular weight is 334 g/mol. The maximum Gasteiger partial charge on any atom is 0.272 e. The molecule has 0 aliphatic rings. The largest absolute Gasteiger partial charge is 0.471 e. The smallest absolute Gasteiger partial charge is 0.272 e. The lowest BCUT2D eigenvalue weighted by Gasteiger charge is -2.06. The van der Waals surface area contributed by atoms with E-state index in [9.17, 15) is 13.6 Å². The minimum absolute atomic E-state index is 0.0211. The number of aromatic amines is 1. The standard InChI is InChI=1S/C15H12F2N4O3/c1-8-5-9(6-12(22)19-8)14-20-13(21-24-14)10-3-2-4-18-15(10)23-7-11(16)17/h2-6,11H,7H2,1H3,(H,19,22). The number of alkyl halides is 2. The second-order valence-electron chi connectivity index (χ2n) is 4.90. The molecule has 3 aromatic heterocycles. The minimum atomic E-state index is -2.63. The van der Waals surface area contributed by atoms with Gasteiger partial charge in [-0.05, 0) is 25.1 Å². The Bertz CT molecular complexity index is 907. The highest BCUT2D eigenvalue weighted by Gasteiger charge is 2.17. The first kappa shape index (κ1) is 15.8. The number of aryl methyl sites for hydroxylation is 1. The molecule has 0 radical (unpaired) electrons. The lowest BCUT2D eigenvalue weighted by Crippen LogP contribution is -2.08. The van der Waals surface area contributed by atoms with Gasteiger partial charge in [-0.2, -0.15) is 4.98 Å². The van der Waals surface area contributed by atoms with Gasteiger partial charge in [0.2, 0.25) is 17.3 Å². The maximum atomic E-state index is 12.3. The van der Waals surface area contributed by atoms with Gasteiger partial charge in [0.25, 0.3) is 12.3 Å². The Morgan fingerprint density at radius 3 is 2.96 bits per heavy atom. The molecule has 0 amide bonds. The van der Waals surface area contributed by atoms with Crippen molar-refractivity contribution in [1.82, 2.24) is 20.1 Å². The Morgan fingerprint density at radius 1 is 1.38 bits per heavy atom. The fraction of sp³-hybridized carbons (Fsp3) is 0.200. The Kier molecular flexibility index (Phi) is 4.32. The Hall–Kier alpha value is -3.10. The van der Waals surface area contributed by atoms with Crippen LogP contribution < -0.4 is 10.3 Å². The molecule has 0 fully saturated rings. The molecular weight excluding hydrogens is 322 g/mol. The van der Waals surface area contributed by atoms with E-state index in [-0.39, 0.29) is 23.2 Å². The number of nitrogens with one attached hydrogen (secondary N) is 1. The first-order chi connectivity index (χ1) is 11.5. The number of pyridine rings is 2. The van der Waals surface area contributed by atoms with E-state index in [0.717, 1.165) is 0 Å². The van der Waals surface area contributed by atoms with Gasteiger partial charge < -0.3 is 14.2 Å². The van der Waals surface area contributed by atoms with Crippen molar-refractivity contribution in [3.8, 4) is 28.7 Å². The molecular formula is C15H12F2N4O3. The van der Waals surface area contributed by atoms with Crippen molar-refractivity contribution in [2.24, 2.45) is 0 Å². The molecule has 0 spiro atoms. The van der Waals surface area contributed by atoms with Crippen molar-refractivity contribution in [3.05, 3.63) is 46.5 Å². The summed E-state index contributed by atoms with van der Waals surface area (Å²) in [6.07, 6.45) is -1.22. The summed E-state index contributed by atoms with van der Waals surface area (Å²) in [5, 5.41) is 3.80. The van der Waals surface area contributed by atoms with Crippen LogP contribution >= 0.6 is 0 Å². The monoisotopic (exact) mass is 334 g/mol. The van der Waals surface area contributed by atoms with Gasteiger partial charge in [-0.25, -0.2) is 13.8 Å². The van der Waals surface area contributed by atoms with E-state index in [1.807, 2.05) is 0 Å². The van der Waals surface area contributed by atoms with Gasteiger partial charge >= 0.3 is 0 Å². The van der Waals surface area contributed by atoms with Crippen molar-refractivity contribution in [3.63, 3.8) is 0 Å². The van der Waals surface area contributed by atoms with E-state index in [1.165, 1.54) is 12.3 Å². The van der Waals surface area contributed by atoms with Gasteiger partial charge in [0.15, 0.2) is 6.61 Å². The molecule has 1 N–H and O–H groups in total. The Labute approximate surface area is 134 Å². The summed E-state index contributed by atoms with van der Waals surface area (Å²) in [4.78, 5) is 22.2. The molecule has 0 saturated carbocycles. The van der Waals surface area contributed by atoms with Gasteiger partial charge in [-0.3, -0.25) is 4.79 Å². The number of rotatable bonds is 5. The van der Waals surface area contributed by atoms with Crippen molar-refractivity contribution in [2.45, 2.75) is 13.3 Å². The Morgan fingerprint density at radius 2 is 2.21 bits per heavy atom. The first-order valence-corrected chi connectivity index (χ1v) is 6.94. The van der Waals surface area contributed by atoms with E-state index < -0.39 is 13.0 Å². The molecule has 3 aromatic rings. The van der Waals surface area contributed by atoms with Crippen LogP contribution in [0.4, 0.5) is 8.78 Å². The number of hydrogen-bond donors (Lipinski definition) is 1. The molecule has 24 heavy (non-hydrogen) atoms. The van der Waals surface area contributed by atoms with Crippen molar-refractivity contribution in [1.29, 1.82) is 0 Å². The summed E-state index contributed by atoms with van der Waals surface area (Å²) in [5.41, 5.74) is 1.11. The van der Waals surface area contributed by atoms with E-state index in [1.54, 1.807) is 25.1 Å². The number of H-pyrrole nitrogens is 1. The van der Waals surface area contributed by atoms with Crippen molar-refractivity contribution >= 4 is 0 Å². The lowest BCUT2D eigenvalue weighted by molar-refractivity contribution is 0.0799. The average Bonchev–Trinajstić information content (AvgIpc) is 3.02. The zero-order chi connectivity index (χ0) is 17.1.